The minimum atomic E-state index is 0.356. The molecule has 1 aliphatic carbocycles. The first kappa shape index (κ1) is 11.7. The average molecular weight is 244 g/mol. The number of aromatic nitrogens is 1. The number of rotatable bonds is 2. The molecule has 0 aromatic carbocycles. The van der Waals surface area contributed by atoms with E-state index in [0.717, 1.165) is 18.7 Å². The molecule has 2 fully saturated rings. The topological polar surface area (TPSA) is 33.2 Å². The van der Waals surface area contributed by atoms with Crippen LogP contribution in [0.3, 0.4) is 0 Å². The Morgan fingerprint density at radius 3 is 2.72 bits per heavy atom. The average Bonchev–Trinajstić information content (AvgIpc) is 2.94. The van der Waals surface area contributed by atoms with Crippen LogP contribution in [0.15, 0.2) is 24.4 Å². The Hall–Kier alpha value is -1.38. The molecule has 1 atom stereocenters. The smallest absolute Gasteiger partial charge is 0.222 e. The van der Waals surface area contributed by atoms with Crippen molar-refractivity contribution in [2.45, 2.75) is 50.5 Å². The highest BCUT2D eigenvalue weighted by Crippen LogP contribution is 2.32. The molecular weight excluding hydrogens is 224 g/mol. The summed E-state index contributed by atoms with van der Waals surface area (Å²) in [5, 5.41) is 0. The normalized spacial score (nSPS) is 25.7. The van der Waals surface area contributed by atoms with Crippen molar-refractivity contribution in [2.24, 2.45) is 0 Å². The maximum absolute atomic E-state index is 12.1. The summed E-state index contributed by atoms with van der Waals surface area (Å²) in [7, 11) is 0. The first-order valence-corrected chi connectivity index (χ1v) is 7.05. The number of hydrogen-bond acceptors (Lipinski definition) is 2. The second-order valence-corrected chi connectivity index (χ2v) is 5.47. The van der Waals surface area contributed by atoms with Crippen LogP contribution < -0.4 is 0 Å². The van der Waals surface area contributed by atoms with E-state index in [2.05, 4.69) is 16.0 Å². The fourth-order valence-electron chi connectivity index (χ4n) is 3.30. The Morgan fingerprint density at radius 2 is 2.00 bits per heavy atom. The van der Waals surface area contributed by atoms with E-state index >= 15 is 0 Å². The number of amides is 1. The van der Waals surface area contributed by atoms with Gasteiger partial charge in [0.2, 0.25) is 5.91 Å². The molecule has 2 aliphatic rings. The minimum absolute atomic E-state index is 0.356. The summed E-state index contributed by atoms with van der Waals surface area (Å²) in [6.45, 7) is 0.876. The number of pyridine rings is 1. The van der Waals surface area contributed by atoms with Gasteiger partial charge in [-0.1, -0.05) is 18.9 Å². The van der Waals surface area contributed by atoms with E-state index in [1.807, 2.05) is 18.3 Å². The monoisotopic (exact) mass is 244 g/mol. The van der Waals surface area contributed by atoms with E-state index in [0.29, 0.717) is 24.3 Å². The molecule has 3 rings (SSSR count). The first-order valence-electron chi connectivity index (χ1n) is 7.05. The van der Waals surface area contributed by atoms with E-state index in [1.165, 1.54) is 25.7 Å². The minimum Gasteiger partial charge on any atom is -0.339 e. The summed E-state index contributed by atoms with van der Waals surface area (Å²) in [5.41, 5.74) is 1.15. The van der Waals surface area contributed by atoms with Gasteiger partial charge < -0.3 is 4.90 Å². The Morgan fingerprint density at radius 1 is 1.17 bits per heavy atom. The van der Waals surface area contributed by atoms with Crippen molar-refractivity contribution in [2.75, 3.05) is 6.54 Å². The summed E-state index contributed by atoms with van der Waals surface area (Å²) in [4.78, 5) is 18.6. The maximum Gasteiger partial charge on any atom is 0.222 e. The zero-order chi connectivity index (χ0) is 12.4. The van der Waals surface area contributed by atoms with Gasteiger partial charge >= 0.3 is 0 Å². The Kier molecular flexibility index (Phi) is 3.31. The van der Waals surface area contributed by atoms with Crippen LogP contribution in [-0.4, -0.2) is 28.4 Å². The molecule has 1 amide bonds. The van der Waals surface area contributed by atoms with Gasteiger partial charge in [-0.15, -0.1) is 0 Å². The van der Waals surface area contributed by atoms with Crippen LogP contribution >= 0.6 is 0 Å². The quantitative estimate of drug-likeness (QED) is 0.801. The highest BCUT2D eigenvalue weighted by molar-refractivity contribution is 5.77. The van der Waals surface area contributed by atoms with Gasteiger partial charge in [-0.25, -0.2) is 0 Å². The number of hydrogen-bond donors (Lipinski definition) is 0. The zero-order valence-electron chi connectivity index (χ0n) is 10.7. The third kappa shape index (κ3) is 2.26. The van der Waals surface area contributed by atoms with Crippen LogP contribution in [0.25, 0.3) is 0 Å². The van der Waals surface area contributed by atoms with Gasteiger partial charge in [0, 0.05) is 36.8 Å². The lowest BCUT2D eigenvalue weighted by atomic mass is 9.92. The molecule has 0 N–H and O–H groups in total. The fraction of sp³-hybridized carbons (Fsp3) is 0.600. The molecule has 1 aromatic rings. The van der Waals surface area contributed by atoms with Crippen molar-refractivity contribution >= 4 is 5.91 Å². The molecule has 96 valence electrons. The lowest BCUT2D eigenvalue weighted by Crippen LogP contribution is -2.44. The maximum atomic E-state index is 12.1. The lowest BCUT2D eigenvalue weighted by Gasteiger charge is -2.36. The van der Waals surface area contributed by atoms with Crippen LogP contribution in [0.4, 0.5) is 0 Å². The van der Waals surface area contributed by atoms with Crippen molar-refractivity contribution < 1.29 is 4.79 Å². The standard InChI is InChI=1S/C15H20N2O/c18-15-9-8-12(14-7-3-4-10-16-14)11-17(15)13-5-1-2-6-13/h3-4,7,10,12-13H,1-2,5-6,8-9,11H2. The Bertz CT molecular complexity index is 412. The van der Waals surface area contributed by atoms with Gasteiger partial charge in [0.1, 0.15) is 0 Å². The van der Waals surface area contributed by atoms with Crippen LogP contribution in [0.2, 0.25) is 0 Å². The zero-order valence-corrected chi connectivity index (χ0v) is 10.7. The molecule has 3 heteroatoms. The number of likely N-dealkylation sites (tertiary alicyclic amines) is 1. The number of carbonyl (C=O) groups is 1. The molecule has 1 aliphatic heterocycles. The van der Waals surface area contributed by atoms with Gasteiger partial charge in [-0.3, -0.25) is 9.78 Å². The van der Waals surface area contributed by atoms with Crippen molar-refractivity contribution in [1.29, 1.82) is 0 Å². The molecule has 0 bridgehead atoms. The predicted octanol–water partition coefficient (Wildman–Crippen LogP) is 2.73. The first-order chi connectivity index (χ1) is 8.84. The molecule has 18 heavy (non-hydrogen) atoms. The molecule has 1 aromatic heterocycles. The van der Waals surface area contributed by atoms with Gasteiger partial charge in [-0.2, -0.15) is 0 Å². The third-order valence-electron chi connectivity index (χ3n) is 4.32. The lowest BCUT2D eigenvalue weighted by molar-refractivity contribution is -0.136. The van der Waals surface area contributed by atoms with Gasteiger partial charge in [0.25, 0.3) is 0 Å². The van der Waals surface area contributed by atoms with Gasteiger partial charge in [0.05, 0.1) is 0 Å². The molecule has 0 spiro atoms. The number of carbonyl (C=O) groups excluding carboxylic acids is 1. The van der Waals surface area contributed by atoms with Crippen LogP contribution in [0, 0.1) is 0 Å². The molecule has 1 saturated carbocycles. The van der Waals surface area contributed by atoms with E-state index < -0.39 is 0 Å². The molecule has 0 radical (unpaired) electrons. The van der Waals surface area contributed by atoms with Gasteiger partial charge in [0.15, 0.2) is 0 Å². The van der Waals surface area contributed by atoms with Crippen LogP contribution in [0.5, 0.6) is 0 Å². The Labute approximate surface area is 108 Å². The van der Waals surface area contributed by atoms with Crippen molar-refractivity contribution in [3.8, 4) is 0 Å². The highest BCUT2D eigenvalue weighted by Gasteiger charge is 2.33. The fourth-order valence-corrected chi connectivity index (χ4v) is 3.30. The summed E-state index contributed by atoms with van der Waals surface area (Å²) >= 11 is 0. The molecule has 1 saturated heterocycles. The van der Waals surface area contributed by atoms with Crippen LogP contribution in [-0.2, 0) is 4.79 Å². The number of nitrogens with zero attached hydrogens (tertiary/aromatic N) is 2. The van der Waals surface area contributed by atoms with Crippen molar-refractivity contribution in [1.82, 2.24) is 9.88 Å². The number of piperidine rings is 1. The van der Waals surface area contributed by atoms with E-state index in [1.54, 1.807) is 0 Å². The van der Waals surface area contributed by atoms with Crippen LogP contribution in [0.1, 0.15) is 50.1 Å². The highest BCUT2D eigenvalue weighted by atomic mass is 16.2. The molecule has 2 heterocycles. The van der Waals surface area contributed by atoms with E-state index in [9.17, 15) is 4.79 Å². The molecule has 3 nitrogen and oxygen atoms in total. The summed E-state index contributed by atoms with van der Waals surface area (Å²) in [5.74, 6) is 0.790. The third-order valence-corrected chi connectivity index (χ3v) is 4.32. The predicted molar refractivity (Wildman–Crippen MR) is 70.2 cm³/mol. The van der Waals surface area contributed by atoms with Crippen molar-refractivity contribution in [3.05, 3.63) is 30.1 Å². The summed E-state index contributed by atoms with van der Waals surface area (Å²) < 4.78 is 0. The van der Waals surface area contributed by atoms with E-state index in [4.69, 9.17) is 0 Å². The Balaban J connectivity index is 1.73. The SMILES string of the molecule is O=C1CCC(c2ccccn2)CN1C1CCCC1. The second-order valence-electron chi connectivity index (χ2n) is 5.47. The summed E-state index contributed by atoms with van der Waals surface area (Å²) in [6, 6.07) is 6.59. The largest absolute Gasteiger partial charge is 0.339 e. The second kappa shape index (κ2) is 5.09. The van der Waals surface area contributed by atoms with E-state index in [-0.39, 0.29) is 0 Å². The molecule has 1 unspecified atom stereocenters. The molecular formula is C15H20N2O. The van der Waals surface area contributed by atoms with Gasteiger partial charge in [-0.05, 0) is 31.4 Å². The van der Waals surface area contributed by atoms with Crippen molar-refractivity contribution in [3.63, 3.8) is 0 Å². The summed E-state index contributed by atoms with van der Waals surface area (Å²) in [6.07, 6.45) is 8.45.